The summed E-state index contributed by atoms with van der Waals surface area (Å²) in [7, 11) is 0. The van der Waals surface area contributed by atoms with Crippen LogP contribution in [0.3, 0.4) is 0 Å². The Kier molecular flexibility index (Phi) is 4.65. The van der Waals surface area contributed by atoms with E-state index in [1.807, 2.05) is 0 Å². The van der Waals surface area contributed by atoms with Gasteiger partial charge >= 0.3 is 6.11 Å². The van der Waals surface area contributed by atoms with Crippen LogP contribution in [0.2, 0.25) is 0 Å². The molecule has 0 N–H and O–H groups in total. The third kappa shape index (κ3) is 3.35. The molecule has 0 unspecified atom stereocenters. The molecule has 0 saturated carbocycles. The summed E-state index contributed by atoms with van der Waals surface area (Å²) in [5, 5.41) is 0. The third-order valence-electron chi connectivity index (χ3n) is 2.86. The summed E-state index contributed by atoms with van der Waals surface area (Å²) in [6.45, 7) is 1.54. The Morgan fingerprint density at radius 3 is 2.05 bits per heavy atom. The second kappa shape index (κ2) is 6.16. The standard InChI is InChI=1S/C15H11F5OS/c1-8-3-4-10(11(16)5-8)15(19,20)21-9-6-12(17)14(22-2)13(18)7-9/h3-7H,1-2H3. The van der Waals surface area contributed by atoms with Gasteiger partial charge in [-0.25, -0.2) is 13.2 Å². The Labute approximate surface area is 128 Å². The van der Waals surface area contributed by atoms with Gasteiger partial charge in [0.25, 0.3) is 0 Å². The fourth-order valence-electron chi connectivity index (χ4n) is 1.85. The second-order valence-corrected chi connectivity index (χ2v) is 5.34. The van der Waals surface area contributed by atoms with Crippen LogP contribution in [0, 0.1) is 24.4 Å². The summed E-state index contributed by atoms with van der Waals surface area (Å²) in [4.78, 5) is -0.308. The van der Waals surface area contributed by atoms with Gasteiger partial charge in [-0.3, -0.25) is 0 Å². The summed E-state index contributed by atoms with van der Waals surface area (Å²) in [6, 6.07) is 4.34. The summed E-state index contributed by atoms with van der Waals surface area (Å²) in [5.41, 5.74) is -0.550. The highest BCUT2D eigenvalue weighted by Crippen LogP contribution is 2.35. The van der Waals surface area contributed by atoms with Gasteiger partial charge in [0.1, 0.15) is 23.2 Å². The van der Waals surface area contributed by atoms with E-state index in [1.165, 1.54) is 19.2 Å². The molecule has 7 heteroatoms. The molecule has 0 heterocycles. The van der Waals surface area contributed by atoms with E-state index in [0.717, 1.165) is 23.9 Å². The van der Waals surface area contributed by atoms with E-state index in [4.69, 9.17) is 0 Å². The van der Waals surface area contributed by atoms with Crippen LogP contribution in [0.15, 0.2) is 35.2 Å². The third-order valence-corrected chi connectivity index (χ3v) is 3.66. The zero-order valence-corrected chi connectivity index (χ0v) is 12.4. The number of hydrogen-bond acceptors (Lipinski definition) is 2. The van der Waals surface area contributed by atoms with Crippen molar-refractivity contribution < 1.29 is 26.7 Å². The minimum absolute atomic E-state index is 0.308. The van der Waals surface area contributed by atoms with Gasteiger partial charge in [-0.05, 0) is 30.9 Å². The van der Waals surface area contributed by atoms with Gasteiger partial charge < -0.3 is 4.74 Å². The highest BCUT2D eigenvalue weighted by Gasteiger charge is 2.38. The molecule has 0 bridgehead atoms. The number of rotatable bonds is 4. The first-order valence-electron chi connectivity index (χ1n) is 6.11. The van der Waals surface area contributed by atoms with Crippen LogP contribution in [-0.2, 0) is 6.11 Å². The zero-order chi connectivity index (χ0) is 16.5. The molecule has 118 valence electrons. The van der Waals surface area contributed by atoms with Crippen LogP contribution in [0.4, 0.5) is 22.0 Å². The van der Waals surface area contributed by atoms with Crippen molar-refractivity contribution >= 4 is 11.8 Å². The van der Waals surface area contributed by atoms with E-state index in [2.05, 4.69) is 4.74 Å². The Balaban J connectivity index is 2.36. The van der Waals surface area contributed by atoms with E-state index >= 15 is 0 Å². The Bertz CT molecular complexity index is 679. The van der Waals surface area contributed by atoms with Gasteiger partial charge in [-0.2, -0.15) is 8.78 Å². The molecule has 0 aliphatic rings. The molecule has 0 amide bonds. The maximum Gasteiger partial charge on any atom is 0.429 e. The topological polar surface area (TPSA) is 9.23 Å². The molecule has 2 aromatic carbocycles. The largest absolute Gasteiger partial charge is 0.429 e. The molecular weight excluding hydrogens is 323 g/mol. The van der Waals surface area contributed by atoms with Crippen molar-refractivity contribution in [3.8, 4) is 5.75 Å². The monoisotopic (exact) mass is 334 g/mol. The lowest BCUT2D eigenvalue weighted by atomic mass is 10.1. The van der Waals surface area contributed by atoms with Crippen molar-refractivity contribution in [2.45, 2.75) is 17.9 Å². The van der Waals surface area contributed by atoms with Crippen molar-refractivity contribution in [1.82, 2.24) is 0 Å². The molecule has 0 spiro atoms. The summed E-state index contributed by atoms with van der Waals surface area (Å²) < 4.78 is 73.0. The molecule has 0 atom stereocenters. The van der Waals surface area contributed by atoms with E-state index in [0.29, 0.717) is 17.7 Å². The number of alkyl halides is 2. The van der Waals surface area contributed by atoms with Crippen molar-refractivity contribution in [3.63, 3.8) is 0 Å². The van der Waals surface area contributed by atoms with E-state index < -0.39 is 34.9 Å². The summed E-state index contributed by atoms with van der Waals surface area (Å²) >= 11 is 0.796. The Morgan fingerprint density at radius 1 is 0.955 bits per heavy atom. The Morgan fingerprint density at radius 2 is 1.55 bits per heavy atom. The zero-order valence-electron chi connectivity index (χ0n) is 11.6. The first-order valence-corrected chi connectivity index (χ1v) is 7.33. The molecule has 1 nitrogen and oxygen atoms in total. The minimum Gasteiger partial charge on any atom is -0.429 e. The first-order chi connectivity index (χ1) is 10.2. The second-order valence-electron chi connectivity index (χ2n) is 4.52. The fourth-order valence-corrected chi connectivity index (χ4v) is 2.36. The molecule has 22 heavy (non-hydrogen) atoms. The Hall–Kier alpha value is -1.76. The maximum atomic E-state index is 14.0. The van der Waals surface area contributed by atoms with E-state index in [-0.39, 0.29) is 4.90 Å². The van der Waals surface area contributed by atoms with Gasteiger partial charge in [0.2, 0.25) is 0 Å². The number of ether oxygens (including phenoxy) is 1. The lowest BCUT2D eigenvalue weighted by Gasteiger charge is -2.19. The number of hydrogen-bond donors (Lipinski definition) is 0. The van der Waals surface area contributed by atoms with Crippen molar-refractivity contribution in [1.29, 1.82) is 0 Å². The van der Waals surface area contributed by atoms with E-state index in [1.54, 1.807) is 0 Å². The number of halogens is 5. The predicted octanol–water partition coefficient (Wildman–Crippen LogP) is 5.26. The highest BCUT2D eigenvalue weighted by molar-refractivity contribution is 7.98. The van der Waals surface area contributed by atoms with Crippen LogP contribution >= 0.6 is 11.8 Å². The number of aryl methyl sites for hydroxylation is 1. The van der Waals surface area contributed by atoms with Crippen LogP contribution in [0.25, 0.3) is 0 Å². The highest BCUT2D eigenvalue weighted by atomic mass is 32.2. The van der Waals surface area contributed by atoms with Crippen molar-refractivity contribution in [2.24, 2.45) is 0 Å². The van der Waals surface area contributed by atoms with Gasteiger partial charge in [-0.15, -0.1) is 11.8 Å². The first kappa shape index (κ1) is 16.6. The van der Waals surface area contributed by atoms with Crippen LogP contribution in [0.1, 0.15) is 11.1 Å². The molecule has 0 radical (unpaired) electrons. The van der Waals surface area contributed by atoms with Crippen LogP contribution < -0.4 is 4.74 Å². The average molecular weight is 334 g/mol. The number of benzene rings is 2. The van der Waals surface area contributed by atoms with Gasteiger partial charge in [0, 0.05) is 12.1 Å². The molecule has 0 aromatic heterocycles. The molecular formula is C15H11F5OS. The van der Waals surface area contributed by atoms with E-state index in [9.17, 15) is 22.0 Å². The number of thioether (sulfide) groups is 1. The quantitative estimate of drug-likeness (QED) is 0.557. The molecule has 2 rings (SSSR count). The van der Waals surface area contributed by atoms with Gasteiger partial charge in [0.15, 0.2) is 0 Å². The molecule has 0 fully saturated rings. The molecule has 0 aliphatic carbocycles. The average Bonchev–Trinajstić information content (AvgIpc) is 2.37. The minimum atomic E-state index is -4.06. The summed E-state index contributed by atoms with van der Waals surface area (Å²) in [6.07, 6.45) is -2.62. The lowest BCUT2D eigenvalue weighted by molar-refractivity contribution is -0.187. The molecule has 0 aliphatic heterocycles. The SMILES string of the molecule is CSc1c(F)cc(OC(F)(F)c2ccc(C)cc2F)cc1F. The maximum absolute atomic E-state index is 14.0. The normalized spacial score (nSPS) is 11.6. The van der Waals surface area contributed by atoms with Gasteiger partial charge in [0.05, 0.1) is 10.5 Å². The lowest BCUT2D eigenvalue weighted by Crippen LogP contribution is -2.23. The van der Waals surface area contributed by atoms with Crippen LogP contribution in [0.5, 0.6) is 5.75 Å². The van der Waals surface area contributed by atoms with Crippen molar-refractivity contribution in [2.75, 3.05) is 6.26 Å². The molecule has 2 aromatic rings. The van der Waals surface area contributed by atoms with Crippen molar-refractivity contribution in [3.05, 3.63) is 58.9 Å². The fraction of sp³-hybridized carbons (Fsp3) is 0.200. The van der Waals surface area contributed by atoms with Crippen LogP contribution in [-0.4, -0.2) is 6.26 Å². The molecule has 0 saturated heterocycles. The smallest absolute Gasteiger partial charge is 0.429 e. The van der Waals surface area contributed by atoms with Gasteiger partial charge in [-0.1, -0.05) is 6.07 Å². The predicted molar refractivity (Wildman–Crippen MR) is 73.8 cm³/mol. The summed E-state index contributed by atoms with van der Waals surface area (Å²) in [5.74, 6) is -3.94.